The molecule has 158 valence electrons. The van der Waals surface area contributed by atoms with Gasteiger partial charge in [-0.3, -0.25) is 19.4 Å². The second-order valence-corrected chi connectivity index (χ2v) is 7.17. The number of hydrogen-bond donors (Lipinski definition) is 2. The first kappa shape index (κ1) is 21.3. The molecule has 2 heterocycles. The number of rotatable bonds is 9. The highest BCUT2D eigenvalue weighted by Gasteiger charge is 2.32. The van der Waals surface area contributed by atoms with Gasteiger partial charge >= 0.3 is 0 Å². The van der Waals surface area contributed by atoms with Crippen molar-refractivity contribution in [1.82, 2.24) is 20.5 Å². The second kappa shape index (κ2) is 10.4. The van der Waals surface area contributed by atoms with Crippen LogP contribution in [0, 0.1) is 0 Å². The molecule has 1 unspecified atom stereocenters. The molecular formula is C22H26N4O4. The number of carbonyl (C=O) groups excluding carboxylic acids is 3. The van der Waals surface area contributed by atoms with E-state index >= 15 is 0 Å². The molecule has 2 aromatic heterocycles. The lowest BCUT2D eigenvalue weighted by Crippen LogP contribution is -2.48. The molecule has 0 spiro atoms. The third-order valence-corrected chi connectivity index (χ3v) is 5.07. The summed E-state index contributed by atoms with van der Waals surface area (Å²) >= 11 is 0. The number of carbonyl (C=O) groups is 3. The van der Waals surface area contributed by atoms with E-state index in [0.717, 1.165) is 25.7 Å². The molecular weight excluding hydrogens is 384 g/mol. The molecule has 3 amide bonds. The Kier molecular flexibility index (Phi) is 7.37. The summed E-state index contributed by atoms with van der Waals surface area (Å²) in [6, 6.07) is 5.79. The number of aromatic nitrogens is 1. The van der Waals surface area contributed by atoms with Gasteiger partial charge in [-0.15, -0.1) is 6.58 Å². The number of nitrogens with zero attached hydrogens (tertiary/aromatic N) is 2. The molecule has 3 rings (SSSR count). The topological polar surface area (TPSA) is 105 Å². The SMILES string of the molecule is C=CCN(C(=O)CNC(=O)c1ccco1)C(C(=O)NC1CCCC1)c1ccncc1. The smallest absolute Gasteiger partial charge is 0.287 e. The van der Waals surface area contributed by atoms with Crippen molar-refractivity contribution in [3.63, 3.8) is 0 Å². The van der Waals surface area contributed by atoms with E-state index in [-0.39, 0.29) is 30.8 Å². The normalized spacial score (nSPS) is 14.7. The van der Waals surface area contributed by atoms with Crippen molar-refractivity contribution >= 4 is 17.7 Å². The number of pyridine rings is 1. The Bertz CT molecular complexity index is 861. The van der Waals surface area contributed by atoms with Crippen molar-refractivity contribution in [1.29, 1.82) is 0 Å². The number of nitrogens with one attached hydrogen (secondary N) is 2. The lowest BCUT2D eigenvalue weighted by molar-refractivity contribution is -0.139. The monoisotopic (exact) mass is 410 g/mol. The molecule has 0 aliphatic heterocycles. The quantitative estimate of drug-likeness (QED) is 0.617. The molecule has 0 aromatic carbocycles. The van der Waals surface area contributed by atoms with Gasteiger partial charge in [0.2, 0.25) is 11.8 Å². The third kappa shape index (κ3) is 5.34. The average molecular weight is 410 g/mol. The van der Waals surface area contributed by atoms with Crippen LogP contribution in [0.3, 0.4) is 0 Å². The molecule has 1 saturated carbocycles. The van der Waals surface area contributed by atoms with Gasteiger partial charge in [-0.1, -0.05) is 18.9 Å². The summed E-state index contributed by atoms with van der Waals surface area (Å²) in [5.41, 5.74) is 0.646. The van der Waals surface area contributed by atoms with Crippen LogP contribution in [0.1, 0.15) is 47.8 Å². The van der Waals surface area contributed by atoms with Crippen molar-refractivity contribution in [3.05, 3.63) is 66.9 Å². The van der Waals surface area contributed by atoms with Gasteiger partial charge in [-0.25, -0.2) is 0 Å². The molecule has 8 heteroatoms. The number of furan rings is 1. The summed E-state index contributed by atoms with van der Waals surface area (Å²) in [5.74, 6) is -1.04. The Balaban J connectivity index is 1.77. The first-order chi connectivity index (χ1) is 14.6. The maximum atomic E-state index is 13.2. The van der Waals surface area contributed by atoms with Crippen molar-refractivity contribution < 1.29 is 18.8 Å². The van der Waals surface area contributed by atoms with Gasteiger partial charge in [0.05, 0.1) is 12.8 Å². The van der Waals surface area contributed by atoms with E-state index in [0.29, 0.717) is 5.56 Å². The van der Waals surface area contributed by atoms with Gasteiger partial charge in [0, 0.05) is 25.0 Å². The minimum Gasteiger partial charge on any atom is -0.459 e. The van der Waals surface area contributed by atoms with Crippen molar-refractivity contribution in [3.8, 4) is 0 Å². The molecule has 8 nitrogen and oxygen atoms in total. The zero-order valence-corrected chi connectivity index (χ0v) is 16.8. The lowest BCUT2D eigenvalue weighted by Gasteiger charge is -2.31. The standard InChI is InChI=1S/C22H26N4O4/c1-2-13-26(19(27)15-24-21(28)18-8-5-14-30-18)20(16-9-11-23-12-10-16)22(29)25-17-6-3-4-7-17/h2,5,8-12,14,17,20H,1,3-4,6-7,13,15H2,(H,24,28)(H,25,29). The van der Waals surface area contributed by atoms with Crippen LogP contribution in [0.4, 0.5) is 0 Å². The first-order valence-electron chi connectivity index (χ1n) is 10.0. The number of amides is 3. The minimum atomic E-state index is -0.848. The van der Waals surface area contributed by atoms with Crippen molar-refractivity contribution in [2.24, 2.45) is 0 Å². The van der Waals surface area contributed by atoms with Gasteiger partial charge in [0.25, 0.3) is 5.91 Å². The molecule has 0 radical (unpaired) electrons. The zero-order valence-electron chi connectivity index (χ0n) is 16.8. The van der Waals surface area contributed by atoms with E-state index < -0.39 is 17.9 Å². The maximum Gasteiger partial charge on any atom is 0.287 e. The molecule has 1 fully saturated rings. The molecule has 0 saturated heterocycles. The van der Waals surface area contributed by atoms with Gasteiger partial charge < -0.3 is 20.0 Å². The summed E-state index contributed by atoms with van der Waals surface area (Å²) in [6.07, 6.45) is 10.1. The highest BCUT2D eigenvalue weighted by Crippen LogP contribution is 2.24. The Labute approximate surface area is 175 Å². The van der Waals surface area contributed by atoms with Crippen LogP contribution in [0.15, 0.2) is 60.0 Å². The van der Waals surface area contributed by atoms with E-state index in [1.807, 2.05) is 0 Å². The fourth-order valence-corrected chi connectivity index (χ4v) is 3.61. The average Bonchev–Trinajstić information content (AvgIpc) is 3.46. The van der Waals surface area contributed by atoms with Crippen LogP contribution >= 0.6 is 0 Å². The fourth-order valence-electron chi connectivity index (χ4n) is 3.61. The predicted molar refractivity (Wildman–Crippen MR) is 110 cm³/mol. The van der Waals surface area contributed by atoms with Gasteiger partial charge in [0.15, 0.2) is 5.76 Å². The Hall–Kier alpha value is -3.42. The maximum absolute atomic E-state index is 13.2. The summed E-state index contributed by atoms with van der Waals surface area (Å²) in [5, 5.41) is 5.61. The Morgan fingerprint density at radius 1 is 1.23 bits per heavy atom. The van der Waals surface area contributed by atoms with E-state index in [4.69, 9.17) is 4.42 Å². The van der Waals surface area contributed by atoms with Crippen LogP contribution in [0.5, 0.6) is 0 Å². The van der Waals surface area contributed by atoms with Crippen LogP contribution in [-0.4, -0.2) is 46.7 Å². The Morgan fingerprint density at radius 2 is 1.97 bits per heavy atom. The minimum absolute atomic E-state index is 0.112. The van der Waals surface area contributed by atoms with Crippen LogP contribution in [-0.2, 0) is 9.59 Å². The highest BCUT2D eigenvalue weighted by atomic mass is 16.3. The van der Waals surface area contributed by atoms with Crippen LogP contribution in [0.25, 0.3) is 0 Å². The summed E-state index contributed by atoms with van der Waals surface area (Å²) in [6.45, 7) is 3.60. The molecule has 1 atom stereocenters. The van der Waals surface area contributed by atoms with Gasteiger partial charge in [-0.05, 0) is 42.7 Å². The van der Waals surface area contributed by atoms with E-state index in [9.17, 15) is 14.4 Å². The number of hydrogen-bond acceptors (Lipinski definition) is 5. The fraction of sp³-hybridized carbons (Fsp3) is 0.364. The zero-order chi connectivity index (χ0) is 21.3. The summed E-state index contributed by atoms with van der Waals surface area (Å²) in [7, 11) is 0. The van der Waals surface area contributed by atoms with Gasteiger partial charge in [-0.2, -0.15) is 0 Å². The lowest BCUT2D eigenvalue weighted by atomic mass is 10.0. The van der Waals surface area contributed by atoms with E-state index in [1.165, 1.54) is 17.2 Å². The second-order valence-electron chi connectivity index (χ2n) is 7.17. The van der Waals surface area contributed by atoms with Crippen molar-refractivity contribution in [2.45, 2.75) is 37.8 Å². The molecule has 1 aliphatic carbocycles. The predicted octanol–water partition coefficient (Wildman–Crippen LogP) is 2.22. The molecule has 0 bridgehead atoms. The van der Waals surface area contributed by atoms with Gasteiger partial charge in [0.1, 0.15) is 6.04 Å². The molecule has 2 aromatic rings. The van der Waals surface area contributed by atoms with Crippen LogP contribution in [0.2, 0.25) is 0 Å². The summed E-state index contributed by atoms with van der Waals surface area (Å²) in [4.78, 5) is 43.7. The van der Waals surface area contributed by atoms with E-state index in [2.05, 4.69) is 22.2 Å². The van der Waals surface area contributed by atoms with E-state index in [1.54, 1.807) is 36.7 Å². The third-order valence-electron chi connectivity index (χ3n) is 5.07. The molecule has 1 aliphatic rings. The van der Waals surface area contributed by atoms with Crippen LogP contribution < -0.4 is 10.6 Å². The largest absolute Gasteiger partial charge is 0.459 e. The Morgan fingerprint density at radius 3 is 2.60 bits per heavy atom. The summed E-state index contributed by atoms with van der Waals surface area (Å²) < 4.78 is 5.04. The molecule has 30 heavy (non-hydrogen) atoms. The first-order valence-corrected chi connectivity index (χ1v) is 10.0. The van der Waals surface area contributed by atoms with Crippen molar-refractivity contribution in [2.75, 3.05) is 13.1 Å². The molecule has 2 N–H and O–H groups in total. The highest BCUT2D eigenvalue weighted by molar-refractivity contribution is 5.95.